The Kier molecular flexibility index (Phi) is 7.97. The number of nitrogens with zero attached hydrogens (tertiary/aromatic N) is 3. The molecule has 9 heteroatoms. The van der Waals surface area contributed by atoms with Crippen LogP contribution in [0.3, 0.4) is 0 Å². The molecule has 182 valence electrons. The van der Waals surface area contributed by atoms with E-state index in [4.69, 9.17) is 0 Å². The highest BCUT2D eigenvalue weighted by Crippen LogP contribution is 2.34. The van der Waals surface area contributed by atoms with Gasteiger partial charge in [0.25, 0.3) is 11.5 Å². The molecule has 1 fully saturated rings. The summed E-state index contributed by atoms with van der Waals surface area (Å²) < 4.78 is 2.63. The molecule has 1 saturated heterocycles. The standard InChI is InChI=1S/C26H27N5O2S.ClH/c1-30-17-22(18-6-4-7-19(14-18)29-25(32)23-8-2-3-10-28-23)24-21(26(30)33)15-20(34-24)16-31-12-5-9-27-11-13-31;/h2-4,6-8,10,14-15,17,27H,5,9,11-13,16H2,1H3,(H,29,32);1H. The predicted octanol–water partition coefficient (Wildman–Crippen LogP) is 4.13. The number of anilines is 1. The molecule has 5 rings (SSSR count). The minimum atomic E-state index is -0.256. The van der Waals surface area contributed by atoms with Crippen LogP contribution in [-0.2, 0) is 13.6 Å². The third kappa shape index (κ3) is 5.62. The van der Waals surface area contributed by atoms with Crippen molar-refractivity contribution >= 4 is 45.4 Å². The zero-order chi connectivity index (χ0) is 23.5. The first-order valence-electron chi connectivity index (χ1n) is 11.5. The Morgan fingerprint density at radius 3 is 2.86 bits per heavy atom. The number of thiophene rings is 1. The van der Waals surface area contributed by atoms with E-state index < -0.39 is 0 Å². The smallest absolute Gasteiger partial charge is 0.274 e. The Balaban J connectivity index is 0.00000289. The zero-order valence-corrected chi connectivity index (χ0v) is 21.1. The molecule has 0 bridgehead atoms. The highest BCUT2D eigenvalue weighted by Gasteiger charge is 2.17. The topological polar surface area (TPSA) is 79.3 Å². The summed E-state index contributed by atoms with van der Waals surface area (Å²) in [4.78, 5) is 33.2. The van der Waals surface area contributed by atoms with Gasteiger partial charge in [0.2, 0.25) is 0 Å². The Bertz CT molecular complexity index is 1380. The van der Waals surface area contributed by atoms with Crippen molar-refractivity contribution in [3.8, 4) is 11.1 Å². The maximum absolute atomic E-state index is 12.9. The van der Waals surface area contributed by atoms with Crippen LogP contribution in [0.1, 0.15) is 21.8 Å². The molecule has 0 radical (unpaired) electrons. The van der Waals surface area contributed by atoms with E-state index in [1.54, 1.807) is 47.3 Å². The number of amides is 1. The van der Waals surface area contributed by atoms with Gasteiger partial charge in [-0.1, -0.05) is 18.2 Å². The number of pyridine rings is 2. The van der Waals surface area contributed by atoms with Crippen LogP contribution in [0.2, 0.25) is 0 Å². The molecule has 35 heavy (non-hydrogen) atoms. The van der Waals surface area contributed by atoms with Gasteiger partial charge in [0, 0.05) is 59.9 Å². The third-order valence-electron chi connectivity index (χ3n) is 6.04. The van der Waals surface area contributed by atoms with Crippen molar-refractivity contribution in [2.45, 2.75) is 13.0 Å². The van der Waals surface area contributed by atoms with Crippen LogP contribution in [-0.4, -0.2) is 46.5 Å². The number of carbonyl (C=O) groups excluding carboxylic acids is 1. The predicted molar refractivity (Wildman–Crippen MR) is 145 cm³/mol. The fourth-order valence-corrected chi connectivity index (χ4v) is 5.55. The quantitative estimate of drug-likeness (QED) is 0.423. The highest BCUT2D eigenvalue weighted by molar-refractivity contribution is 7.19. The molecule has 0 aliphatic carbocycles. The Hall–Kier alpha value is -3.04. The molecular weight excluding hydrogens is 482 g/mol. The molecule has 4 heterocycles. The minimum Gasteiger partial charge on any atom is -0.321 e. The van der Waals surface area contributed by atoms with Crippen molar-refractivity contribution in [3.63, 3.8) is 0 Å². The van der Waals surface area contributed by atoms with Gasteiger partial charge in [-0.15, -0.1) is 23.7 Å². The monoisotopic (exact) mass is 509 g/mol. The minimum absolute atomic E-state index is 0. The van der Waals surface area contributed by atoms with Gasteiger partial charge in [-0.25, -0.2) is 0 Å². The second-order valence-electron chi connectivity index (χ2n) is 8.54. The summed E-state index contributed by atoms with van der Waals surface area (Å²) in [5.74, 6) is -0.256. The maximum Gasteiger partial charge on any atom is 0.274 e. The van der Waals surface area contributed by atoms with Crippen molar-refractivity contribution in [3.05, 3.63) is 81.8 Å². The molecule has 1 aliphatic rings. The average Bonchev–Trinajstić information content (AvgIpc) is 3.10. The van der Waals surface area contributed by atoms with Gasteiger partial charge in [-0.05, 0) is 55.4 Å². The van der Waals surface area contributed by atoms with Gasteiger partial charge in [0.1, 0.15) is 5.69 Å². The molecular formula is C26H28ClN5O2S. The molecule has 1 aliphatic heterocycles. The maximum atomic E-state index is 12.9. The summed E-state index contributed by atoms with van der Waals surface area (Å²) in [6.45, 7) is 4.97. The van der Waals surface area contributed by atoms with Crippen LogP contribution in [0.5, 0.6) is 0 Å². The first-order valence-corrected chi connectivity index (χ1v) is 12.3. The lowest BCUT2D eigenvalue weighted by molar-refractivity contribution is 0.102. The van der Waals surface area contributed by atoms with Crippen LogP contribution in [0.4, 0.5) is 5.69 Å². The molecule has 4 aromatic rings. The molecule has 1 amide bonds. The van der Waals surface area contributed by atoms with Crippen LogP contribution in [0.25, 0.3) is 21.2 Å². The molecule has 7 nitrogen and oxygen atoms in total. The van der Waals surface area contributed by atoms with E-state index in [2.05, 4.69) is 26.6 Å². The lowest BCUT2D eigenvalue weighted by Gasteiger charge is -2.17. The third-order valence-corrected chi connectivity index (χ3v) is 7.20. The summed E-state index contributed by atoms with van der Waals surface area (Å²) in [6.07, 6.45) is 4.62. The fourth-order valence-electron chi connectivity index (χ4n) is 4.32. The van der Waals surface area contributed by atoms with Crippen molar-refractivity contribution in [2.24, 2.45) is 7.05 Å². The van der Waals surface area contributed by atoms with E-state index in [0.29, 0.717) is 11.4 Å². The number of carbonyl (C=O) groups is 1. The van der Waals surface area contributed by atoms with Gasteiger partial charge in [-0.3, -0.25) is 19.5 Å². The van der Waals surface area contributed by atoms with E-state index in [-0.39, 0.29) is 23.9 Å². The molecule has 1 aromatic carbocycles. The van der Waals surface area contributed by atoms with E-state index in [1.807, 2.05) is 30.5 Å². The highest BCUT2D eigenvalue weighted by atomic mass is 35.5. The Morgan fingerprint density at radius 1 is 1.14 bits per heavy atom. The first-order chi connectivity index (χ1) is 16.6. The van der Waals surface area contributed by atoms with Crippen LogP contribution in [0.15, 0.2) is 65.7 Å². The normalized spacial score (nSPS) is 14.3. The Morgan fingerprint density at radius 2 is 2.03 bits per heavy atom. The van der Waals surface area contributed by atoms with E-state index in [9.17, 15) is 9.59 Å². The number of aryl methyl sites for hydroxylation is 1. The molecule has 0 unspecified atom stereocenters. The number of hydrogen-bond acceptors (Lipinski definition) is 6. The van der Waals surface area contributed by atoms with Crippen LogP contribution >= 0.6 is 23.7 Å². The average molecular weight is 510 g/mol. The van der Waals surface area contributed by atoms with E-state index in [1.165, 1.54) is 4.88 Å². The molecule has 2 N–H and O–H groups in total. The second-order valence-corrected chi connectivity index (χ2v) is 9.68. The number of nitrogens with one attached hydrogen (secondary N) is 2. The number of benzene rings is 1. The largest absolute Gasteiger partial charge is 0.321 e. The summed E-state index contributed by atoms with van der Waals surface area (Å²) in [5, 5.41) is 7.12. The van der Waals surface area contributed by atoms with Gasteiger partial charge in [-0.2, -0.15) is 0 Å². The molecule has 0 spiro atoms. The summed E-state index contributed by atoms with van der Waals surface area (Å²) in [5.41, 5.74) is 3.00. The van der Waals surface area contributed by atoms with Crippen molar-refractivity contribution < 1.29 is 4.79 Å². The summed E-state index contributed by atoms with van der Waals surface area (Å²) in [7, 11) is 1.79. The van der Waals surface area contributed by atoms with E-state index in [0.717, 1.165) is 60.4 Å². The number of hydrogen-bond donors (Lipinski definition) is 2. The van der Waals surface area contributed by atoms with Gasteiger partial charge < -0.3 is 15.2 Å². The Labute approximate surface area is 214 Å². The lowest BCUT2D eigenvalue weighted by Crippen LogP contribution is -2.27. The van der Waals surface area contributed by atoms with E-state index >= 15 is 0 Å². The number of halogens is 1. The van der Waals surface area contributed by atoms with Gasteiger partial charge >= 0.3 is 0 Å². The van der Waals surface area contributed by atoms with Gasteiger partial charge in [0.05, 0.1) is 5.39 Å². The van der Waals surface area contributed by atoms with Crippen molar-refractivity contribution in [2.75, 3.05) is 31.5 Å². The lowest BCUT2D eigenvalue weighted by atomic mass is 10.1. The molecule has 0 saturated carbocycles. The second kappa shape index (κ2) is 11.1. The SMILES string of the molecule is Cl.Cn1cc(-c2cccc(NC(=O)c3ccccn3)c2)c2sc(CN3CCCNCC3)cc2c1=O. The summed E-state index contributed by atoms with van der Waals surface area (Å²) >= 11 is 1.69. The number of rotatable bonds is 5. The molecule has 3 aromatic heterocycles. The zero-order valence-electron chi connectivity index (χ0n) is 19.5. The molecule has 0 atom stereocenters. The first kappa shape index (κ1) is 25.1. The van der Waals surface area contributed by atoms with Crippen LogP contribution < -0.4 is 16.2 Å². The number of aromatic nitrogens is 2. The summed E-state index contributed by atoms with van der Waals surface area (Å²) in [6, 6.07) is 15.0. The van der Waals surface area contributed by atoms with Crippen LogP contribution in [0, 0.1) is 0 Å². The van der Waals surface area contributed by atoms with Crippen molar-refractivity contribution in [1.29, 1.82) is 0 Å². The fraction of sp³-hybridized carbons (Fsp3) is 0.269. The number of fused-ring (bicyclic) bond motifs is 1. The van der Waals surface area contributed by atoms with Crippen molar-refractivity contribution in [1.82, 2.24) is 19.8 Å². The van der Waals surface area contributed by atoms with Gasteiger partial charge in [0.15, 0.2) is 0 Å².